The maximum absolute atomic E-state index is 12.4. The number of pyridine rings is 1. The number of benzene rings is 1. The van der Waals surface area contributed by atoms with E-state index in [1.54, 1.807) is 37.4 Å². The molecule has 0 aliphatic heterocycles. The van der Waals surface area contributed by atoms with Crippen molar-refractivity contribution in [3.8, 4) is 5.88 Å². The van der Waals surface area contributed by atoms with Crippen molar-refractivity contribution in [2.75, 3.05) is 32.2 Å². The molecule has 3 N–H and O–H groups in total. The fraction of sp³-hybridized carbons (Fsp3) is 0.263. The number of carboxylic acids is 1. The summed E-state index contributed by atoms with van der Waals surface area (Å²) < 4.78 is 10.3. The standard InChI is InChI=1S/C19H21N3O6/c1-27-8-9-28-17-11-14(6-7-20-17)19(26)22-15-4-2-13(3-5-15)10-16(23)21-12-18(24)25/h2-7,11H,8-10,12H2,1H3,(H,21,23)(H,22,26)(H,24,25). The largest absolute Gasteiger partial charge is 0.480 e. The number of aromatic nitrogens is 1. The predicted octanol–water partition coefficient (Wildman–Crippen LogP) is 1.10. The molecule has 28 heavy (non-hydrogen) atoms. The summed E-state index contributed by atoms with van der Waals surface area (Å²) in [5, 5.41) is 13.6. The van der Waals surface area contributed by atoms with Crippen molar-refractivity contribution >= 4 is 23.5 Å². The van der Waals surface area contributed by atoms with E-state index in [1.165, 1.54) is 12.3 Å². The average Bonchev–Trinajstić information content (AvgIpc) is 2.68. The van der Waals surface area contributed by atoms with Crippen molar-refractivity contribution in [3.05, 3.63) is 53.7 Å². The first-order valence-corrected chi connectivity index (χ1v) is 8.44. The molecule has 148 valence electrons. The highest BCUT2D eigenvalue weighted by molar-refractivity contribution is 6.04. The molecule has 0 fully saturated rings. The Hall–Kier alpha value is -3.46. The van der Waals surface area contributed by atoms with Crippen LogP contribution in [0.3, 0.4) is 0 Å². The highest BCUT2D eigenvalue weighted by atomic mass is 16.5. The summed E-state index contributed by atoms with van der Waals surface area (Å²) in [6, 6.07) is 9.79. The van der Waals surface area contributed by atoms with Gasteiger partial charge in [0.05, 0.1) is 13.0 Å². The van der Waals surface area contributed by atoms with Gasteiger partial charge in [-0.1, -0.05) is 12.1 Å². The van der Waals surface area contributed by atoms with Crippen LogP contribution in [0, 0.1) is 0 Å². The lowest BCUT2D eigenvalue weighted by atomic mass is 10.1. The van der Waals surface area contributed by atoms with Crippen LogP contribution in [0.5, 0.6) is 5.88 Å². The van der Waals surface area contributed by atoms with Gasteiger partial charge in [-0.3, -0.25) is 14.4 Å². The number of anilines is 1. The third-order valence-electron chi connectivity index (χ3n) is 3.55. The van der Waals surface area contributed by atoms with E-state index >= 15 is 0 Å². The van der Waals surface area contributed by atoms with Crippen LogP contribution in [-0.4, -0.2) is 54.7 Å². The molecule has 0 saturated carbocycles. The lowest BCUT2D eigenvalue weighted by Gasteiger charge is -2.08. The third kappa shape index (κ3) is 7.04. The van der Waals surface area contributed by atoms with Gasteiger partial charge in [0.15, 0.2) is 0 Å². The molecular weight excluding hydrogens is 366 g/mol. The Labute approximate surface area is 161 Å². The molecule has 0 radical (unpaired) electrons. The molecule has 0 bridgehead atoms. The monoisotopic (exact) mass is 387 g/mol. The Kier molecular flexibility index (Phi) is 7.92. The maximum atomic E-state index is 12.4. The van der Waals surface area contributed by atoms with Crippen molar-refractivity contribution in [2.45, 2.75) is 6.42 Å². The molecule has 1 aromatic heterocycles. The van der Waals surface area contributed by atoms with Crippen molar-refractivity contribution in [1.29, 1.82) is 0 Å². The molecule has 1 aromatic carbocycles. The number of rotatable bonds is 10. The van der Waals surface area contributed by atoms with Gasteiger partial charge in [-0.2, -0.15) is 0 Å². The van der Waals surface area contributed by atoms with Gasteiger partial charge in [-0.25, -0.2) is 4.98 Å². The number of carboxylic acid groups (broad SMARTS) is 1. The lowest BCUT2D eigenvalue weighted by molar-refractivity contribution is -0.137. The van der Waals surface area contributed by atoms with Crippen LogP contribution in [0.25, 0.3) is 0 Å². The molecule has 2 aromatic rings. The van der Waals surface area contributed by atoms with Crippen LogP contribution in [0.1, 0.15) is 15.9 Å². The van der Waals surface area contributed by atoms with E-state index in [0.717, 1.165) is 0 Å². The highest BCUT2D eigenvalue weighted by Crippen LogP contribution is 2.14. The smallest absolute Gasteiger partial charge is 0.322 e. The highest BCUT2D eigenvalue weighted by Gasteiger charge is 2.09. The fourth-order valence-corrected chi connectivity index (χ4v) is 2.19. The molecule has 0 atom stereocenters. The number of hydrogen-bond donors (Lipinski definition) is 3. The predicted molar refractivity (Wildman–Crippen MR) is 100 cm³/mol. The van der Waals surface area contributed by atoms with Gasteiger partial charge in [0.25, 0.3) is 5.91 Å². The van der Waals surface area contributed by atoms with Crippen molar-refractivity contribution in [3.63, 3.8) is 0 Å². The molecular formula is C19H21N3O6. The molecule has 0 saturated heterocycles. The van der Waals surface area contributed by atoms with E-state index in [-0.39, 0.29) is 12.3 Å². The minimum Gasteiger partial charge on any atom is -0.480 e. The zero-order valence-corrected chi connectivity index (χ0v) is 15.3. The summed E-state index contributed by atoms with van der Waals surface area (Å²) >= 11 is 0. The molecule has 0 unspecified atom stereocenters. The number of methoxy groups -OCH3 is 1. The number of ether oxygens (including phenoxy) is 2. The number of nitrogens with one attached hydrogen (secondary N) is 2. The first kappa shape index (κ1) is 20.8. The van der Waals surface area contributed by atoms with Crippen molar-refractivity contribution < 1.29 is 29.0 Å². The Morgan fingerprint density at radius 1 is 1.11 bits per heavy atom. The van der Waals surface area contributed by atoms with Gasteiger partial charge in [0.2, 0.25) is 11.8 Å². The quantitative estimate of drug-likeness (QED) is 0.521. The Bertz CT molecular complexity index is 823. The second-order valence-corrected chi connectivity index (χ2v) is 5.72. The molecule has 1 heterocycles. The van der Waals surface area contributed by atoms with Crippen LogP contribution in [0.4, 0.5) is 5.69 Å². The Morgan fingerprint density at radius 2 is 1.86 bits per heavy atom. The van der Waals surface area contributed by atoms with E-state index in [0.29, 0.717) is 35.9 Å². The summed E-state index contributed by atoms with van der Waals surface area (Å²) in [6.45, 7) is 0.324. The second kappa shape index (κ2) is 10.6. The van der Waals surface area contributed by atoms with Crippen LogP contribution in [0.2, 0.25) is 0 Å². The van der Waals surface area contributed by atoms with Crippen LogP contribution in [0.15, 0.2) is 42.6 Å². The Balaban J connectivity index is 1.91. The SMILES string of the molecule is COCCOc1cc(C(=O)Nc2ccc(CC(=O)NCC(=O)O)cc2)ccn1. The maximum Gasteiger partial charge on any atom is 0.322 e. The number of nitrogens with zero attached hydrogens (tertiary/aromatic N) is 1. The average molecular weight is 387 g/mol. The molecule has 2 amide bonds. The number of aliphatic carboxylic acids is 1. The molecule has 9 nitrogen and oxygen atoms in total. The van der Waals surface area contributed by atoms with Crippen LogP contribution >= 0.6 is 0 Å². The van der Waals surface area contributed by atoms with Gasteiger partial charge in [0.1, 0.15) is 13.2 Å². The molecule has 0 aliphatic rings. The van der Waals surface area contributed by atoms with E-state index in [4.69, 9.17) is 14.6 Å². The second-order valence-electron chi connectivity index (χ2n) is 5.72. The minimum absolute atomic E-state index is 0.0496. The van der Waals surface area contributed by atoms with E-state index in [9.17, 15) is 14.4 Å². The first-order chi connectivity index (χ1) is 13.5. The van der Waals surface area contributed by atoms with Crippen molar-refractivity contribution in [1.82, 2.24) is 10.3 Å². The zero-order valence-electron chi connectivity index (χ0n) is 15.3. The minimum atomic E-state index is -1.10. The molecule has 0 spiro atoms. The molecule has 2 rings (SSSR count). The number of carbonyl (C=O) groups excluding carboxylic acids is 2. The lowest BCUT2D eigenvalue weighted by Crippen LogP contribution is -2.30. The number of carbonyl (C=O) groups is 3. The van der Waals surface area contributed by atoms with Gasteiger partial charge in [-0.05, 0) is 23.8 Å². The summed E-state index contributed by atoms with van der Waals surface area (Å²) in [7, 11) is 1.56. The summed E-state index contributed by atoms with van der Waals surface area (Å²) in [4.78, 5) is 38.5. The number of hydrogen-bond acceptors (Lipinski definition) is 6. The normalized spacial score (nSPS) is 10.2. The summed E-state index contributed by atoms with van der Waals surface area (Å²) in [5.41, 5.74) is 1.64. The van der Waals surface area contributed by atoms with Gasteiger partial charge >= 0.3 is 5.97 Å². The van der Waals surface area contributed by atoms with E-state index < -0.39 is 18.4 Å². The summed E-state index contributed by atoms with van der Waals surface area (Å²) in [5.74, 6) is -1.50. The van der Waals surface area contributed by atoms with Gasteiger partial charge in [-0.15, -0.1) is 0 Å². The van der Waals surface area contributed by atoms with Crippen LogP contribution in [-0.2, 0) is 20.7 Å². The summed E-state index contributed by atoms with van der Waals surface area (Å²) in [6.07, 6.45) is 1.53. The Morgan fingerprint density at radius 3 is 2.54 bits per heavy atom. The third-order valence-corrected chi connectivity index (χ3v) is 3.55. The fourth-order valence-electron chi connectivity index (χ4n) is 2.19. The molecule has 0 aliphatic carbocycles. The number of amides is 2. The van der Waals surface area contributed by atoms with Gasteiger partial charge < -0.3 is 25.2 Å². The van der Waals surface area contributed by atoms with Crippen molar-refractivity contribution in [2.24, 2.45) is 0 Å². The van der Waals surface area contributed by atoms with Gasteiger partial charge in [0, 0.05) is 30.6 Å². The first-order valence-electron chi connectivity index (χ1n) is 8.44. The topological polar surface area (TPSA) is 127 Å². The van der Waals surface area contributed by atoms with E-state index in [2.05, 4.69) is 15.6 Å². The van der Waals surface area contributed by atoms with E-state index in [1.807, 2.05) is 0 Å². The van der Waals surface area contributed by atoms with Crippen LogP contribution < -0.4 is 15.4 Å². The molecule has 9 heteroatoms. The zero-order chi connectivity index (χ0) is 20.4.